The highest BCUT2D eigenvalue weighted by Gasteiger charge is 2.31. The quantitative estimate of drug-likeness (QED) is 0.757. The van der Waals surface area contributed by atoms with Gasteiger partial charge in [0, 0.05) is 7.05 Å². The van der Waals surface area contributed by atoms with Gasteiger partial charge in [-0.2, -0.15) is 9.82 Å². The average molecular weight is 390 g/mol. The Morgan fingerprint density at radius 2 is 2.00 bits per heavy atom. The topological polar surface area (TPSA) is 90.3 Å². The molecule has 1 aromatic heterocycles. The minimum atomic E-state index is -4.12. The molecule has 0 saturated carbocycles. The SMILES string of the molecule is COC(=O)C(Cc1ccc(F)cc1)NS(=O)(=O)c1c(C)nn(C)c1Cl. The van der Waals surface area contributed by atoms with Gasteiger partial charge < -0.3 is 4.74 Å². The highest BCUT2D eigenvalue weighted by molar-refractivity contribution is 7.89. The standard InChI is InChI=1S/C15H17ClFN3O4S/c1-9-13(14(16)20(2)18-9)25(22,23)19-12(15(21)24-3)8-10-4-6-11(17)7-5-10/h4-7,12,19H,8H2,1-3H3. The third-order valence-electron chi connectivity index (χ3n) is 3.51. The number of sulfonamides is 1. The Bertz CT molecular complexity index is 881. The van der Waals surface area contributed by atoms with E-state index >= 15 is 0 Å². The van der Waals surface area contributed by atoms with Crippen molar-refractivity contribution in [3.05, 3.63) is 46.5 Å². The lowest BCUT2D eigenvalue weighted by Gasteiger charge is -2.16. The van der Waals surface area contributed by atoms with Crippen molar-refractivity contribution in [3.63, 3.8) is 0 Å². The Labute approximate surface area is 149 Å². The summed E-state index contributed by atoms with van der Waals surface area (Å²) >= 11 is 6.00. The zero-order chi connectivity index (χ0) is 18.8. The third kappa shape index (κ3) is 4.36. The molecule has 0 aliphatic rings. The van der Waals surface area contributed by atoms with Crippen molar-refractivity contribution in [1.82, 2.24) is 14.5 Å². The van der Waals surface area contributed by atoms with Crippen LogP contribution in [0.3, 0.4) is 0 Å². The third-order valence-corrected chi connectivity index (χ3v) is 5.67. The molecular formula is C15H17ClFN3O4S. The van der Waals surface area contributed by atoms with E-state index in [1.165, 1.54) is 42.9 Å². The predicted octanol–water partition coefficient (Wildman–Crippen LogP) is 1.58. The predicted molar refractivity (Wildman–Crippen MR) is 89.2 cm³/mol. The summed E-state index contributed by atoms with van der Waals surface area (Å²) in [6.07, 6.45) is -0.0108. The largest absolute Gasteiger partial charge is 0.468 e. The van der Waals surface area contributed by atoms with Crippen molar-refractivity contribution < 1.29 is 22.3 Å². The number of carbonyl (C=O) groups excluding carboxylic acids is 1. The smallest absolute Gasteiger partial charge is 0.324 e. The van der Waals surface area contributed by atoms with E-state index in [9.17, 15) is 17.6 Å². The lowest BCUT2D eigenvalue weighted by Crippen LogP contribution is -2.43. The summed E-state index contributed by atoms with van der Waals surface area (Å²) in [4.78, 5) is 11.8. The van der Waals surface area contributed by atoms with Gasteiger partial charge in [-0.05, 0) is 31.0 Å². The molecule has 1 atom stereocenters. The van der Waals surface area contributed by atoms with Gasteiger partial charge in [0.25, 0.3) is 0 Å². The molecule has 0 amide bonds. The molecule has 0 bridgehead atoms. The Morgan fingerprint density at radius 1 is 1.40 bits per heavy atom. The van der Waals surface area contributed by atoms with Gasteiger partial charge in [-0.1, -0.05) is 23.7 Å². The zero-order valence-corrected chi connectivity index (χ0v) is 15.4. The number of hydrogen-bond acceptors (Lipinski definition) is 5. The normalized spacial score (nSPS) is 12.8. The van der Waals surface area contributed by atoms with E-state index in [2.05, 4.69) is 14.6 Å². The molecule has 2 rings (SSSR count). The van der Waals surface area contributed by atoms with Crippen LogP contribution in [0.2, 0.25) is 5.15 Å². The number of ether oxygens (including phenoxy) is 1. The summed E-state index contributed by atoms with van der Waals surface area (Å²) in [6, 6.07) is 4.17. The van der Waals surface area contributed by atoms with Gasteiger partial charge in [-0.15, -0.1) is 0 Å². The molecule has 2 aromatic rings. The fourth-order valence-corrected chi connectivity index (χ4v) is 4.27. The summed E-state index contributed by atoms with van der Waals surface area (Å²) in [7, 11) is -1.47. The number of methoxy groups -OCH3 is 1. The first-order valence-electron chi connectivity index (χ1n) is 7.19. The van der Waals surface area contributed by atoms with Crippen molar-refractivity contribution in [1.29, 1.82) is 0 Å². The van der Waals surface area contributed by atoms with Crippen LogP contribution in [0.4, 0.5) is 4.39 Å². The summed E-state index contributed by atoms with van der Waals surface area (Å²) in [5.41, 5.74) is 0.763. The maximum Gasteiger partial charge on any atom is 0.324 e. The Hall–Kier alpha value is -1.97. The van der Waals surface area contributed by atoms with Crippen molar-refractivity contribution in [2.45, 2.75) is 24.3 Å². The van der Waals surface area contributed by atoms with Crippen molar-refractivity contribution in [2.24, 2.45) is 7.05 Å². The minimum absolute atomic E-state index is 0.0108. The number of nitrogens with zero attached hydrogens (tertiary/aromatic N) is 2. The van der Waals surface area contributed by atoms with Gasteiger partial charge >= 0.3 is 5.97 Å². The number of esters is 1. The molecular weight excluding hydrogens is 373 g/mol. The van der Waals surface area contributed by atoms with Gasteiger partial charge in [0.2, 0.25) is 10.0 Å². The van der Waals surface area contributed by atoms with Gasteiger partial charge in [-0.3, -0.25) is 9.48 Å². The van der Waals surface area contributed by atoms with Gasteiger partial charge in [-0.25, -0.2) is 12.8 Å². The minimum Gasteiger partial charge on any atom is -0.468 e. The fraction of sp³-hybridized carbons (Fsp3) is 0.333. The van der Waals surface area contributed by atoms with E-state index in [4.69, 9.17) is 11.6 Å². The number of benzene rings is 1. The highest BCUT2D eigenvalue weighted by Crippen LogP contribution is 2.24. The molecule has 136 valence electrons. The molecule has 1 heterocycles. The second kappa shape index (κ2) is 7.51. The second-order valence-corrected chi connectivity index (χ2v) is 7.37. The van der Waals surface area contributed by atoms with Crippen LogP contribution < -0.4 is 4.72 Å². The average Bonchev–Trinajstić information content (AvgIpc) is 2.81. The van der Waals surface area contributed by atoms with Gasteiger partial charge in [0.1, 0.15) is 21.9 Å². The number of rotatable bonds is 6. The first kappa shape index (κ1) is 19.4. The first-order chi connectivity index (χ1) is 11.7. The summed E-state index contributed by atoms with van der Waals surface area (Å²) in [5, 5.41) is 3.88. The summed E-state index contributed by atoms with van der Waals surface area (Å²) in [6.45, 7) is 1.49. The molecule has 0 spiro atoms. The molecule has 7 nitrogen and oxygen atoms in total. The van der Waals surface area contributed by atoms with Crippen LogP contribution in [0, 0.1) is 12.7 Å². The maximum absolute atomic E-state index is 13.0. The lowest BCUT2D eigenvalue weighted by molar-refractivity contribution is -0.142. The van der Waals surface area contributed by atoms with E-state index < -0.39 is 27.9 Å². The molecule has 0 saturated heterocycles. The van der Waals surface area contributed by atoms with Crippen molar-refractivity contribution in [3.8, 4) is 0 Å². The van der Waals surface area contributed by atoms with E-state index in [1.807, 2.05) is 0 Å². The molecule has 0 fully saturated rings. The molecule has 1 unspecified atom stereocenters. The number of hydrogen-bond donors (Lipinski definition) is 1. The van der Waals surface area contributed by atoms with Crippen LogP contribution in [0.1, 0.15) is 11.3 Å². The number of aromatic nitrogens is 2. The molecule has 0 aliphatic carbocycles. The summed E-state index contributed by atoms with van der Waals surface area (Å²) < 4.78 is 46.5. The van der Waals surface area contributed by atoms with Crippen molar-refractivity contribution in [2.75, 3.05) is 7.11 Å². The van der Waals surface area contributed by atoms with Crippen LogP contribution >= 0.6 is 11.6 Å². The van der Waals surface area contributed by atoms with Crippen molar-refractivity contribution >= 4 is 27.6 Å². The van der Waals surface area contributed by atoms with E-state index in [-0.39, 0.29) is 22.2 Å². The number of carbonyl (C=O) groups is 1. The van der Waals surface area contributed by atoms with E-state index in [1.54, 1.807) is 0 Å². The van der Waals surface area contributed by atoms with E-state index in [0.29, 0.717) is 5.56 Å². The maximum atomic E-state index is 13.0. The van der Waals surface area contributed by atoms with Crippen LogP contribution in [-0.2, 0) is 33.0 Å². The Kier molecular flexibility index (Phi) is 5.81. The number of halogens is 2. The Balaban J connectivity index is 2.32. The molecule has 10 heteroatoms. The molecule has 0 radical (unpaired) electrons. The highest BCUT2D eigenvalue weighted by atomic mass is 35.5. The summed E-state index contributed by atoms with van der Waals surface area (Å²) in [5.74, 6) is -1.21. The van der Waals surface area contributed by atoms with Crippen LogP contribution in [0.5, 0.6) is 0 Å². The number of aryl methyl sites for hydroxylation is 2. The van der Waals surface area contributed by atoms with Crippen LogP contribution in [0.15, 0.2) is 29.2 Å². The second-order valence-electron chi connectivity index (χ2n) is 5.36. The molecule has 25 heavy (non-hydrogen) atoms. The molecule has 1 N–H and O–H groups in total. The fourth-order valence-electron chi connectivity index (χ4n) is 2.33. The van der Waals surface area contributed by atoms with Crippen LogP contribution in [-0.4, -0.2) is 37.3 Å². The van der Waals surface area contributed by atoms with Gasteiger partial charge in [0.05, 0.1) is 12.8 Å². The monoisotopic (exact) mass is 389 g/mol. The molecule has 1 aromatic carbocycles. The molecule has 0 aliphatic heterocycles. The first-order valence-corrected chi connectivity index (χ1v) is 9.05. The zero-order valence-electron chi connectivity index (χ0n) is 13.8. The van der Waals surface area contributed by atoms with E-state index in [0.717, 1.165) is 7.11 Å². The number of nitrogens with one attached hydrogen (secondary N) is 1. The Morgan fingerprint density at radius 3 is 2.48 bits per heavy atom. The van der Waals surface area contributed by atoms with Crippen LogP contribution in [0.25, 0.3) is 0 Å². The lowest BCUT2D eigenvalue weighted by atomic mass is 10.1. The van der Waals surface area contributed by atoms with Gasteiger partial charge in [0.15, 0.2) is 0 Å².